The highest BCUT2D eigenvalue weighted by Gasteiger charge is 2.04. The van der Waals surface area contributed by atoms with Gasteiger partial charge in [-0.3, -0.25) is 4.98 Å². The predicted molar refractivity (Wildman–Crippen MR) is 91.0 cm³/mol. The van der Waals surface area contributed by atoms with E-state index >= 15 is 0 Å². The van der Waals surface area contributed by atoms with Crippen LogP contribution in [0.1, 0.15) is 30.2 Å². The lowest BCUT2D eigenvalue weighted by Crippen LogP contribution is -2.03. The second-order valence-corrected chi connectivity index (χ2v) is 5.92. The van der Waals surface area contributed by atoms with Crippen molar-refractivity contribution in [3.63, 3.8) is 0 Å². The van der Waals surface area contributed by atoms with Crippen LogP contribution in [0, 0.1) is 13.8 Å². The van der Waals surface area contributed by atoms with Gasteiger partial charge in [-0.25, -0.2) is 0 Å². The maximum atomic E-state index is 5.86. The SMILES string of the molecule is CCCNc1ccnc(COc2cc(C)c(Br)c(C)c2)c1. The summed E-state index contributed by atoms with van der Waals surface area (Å²) < 4.78 is 6.99. The monoisotopic (exact) mass is 348 g/mol. The molecule has 0 aliphatic rings. The number of nitrogens with one attached hydrogen (secondary N) is 1. The molecule has 0 saturated heterocycles. The summed E-state index contributed by atoms with van der Waals surface area (Å²) in [5.74, 6) is 0.877. The van der Waals surface area contributed by atoms with Crippen molar-refractivity contribution in [3.05, 3.63) is 51.8 Å². The van der Waals surface area contributed by atoms with Crippen LogP contribution in [0.4, 0.5) is 5.69 Å². The smallest absolute Gasteiger partial charge is 0.130 e. The average Bonchev–Trinajstić information content (AvgIpc) is 2.49. The third-order valence-corrected chi connectivity index (χ3v) is 4.44. The van der Waals surface area contributed by atoms with Crippen LogP contribution >= 0.6 is 15.9 Å². The van der Waals surface area contributed by atoms with Crippen molar-refractivity contribution < 1.29 is 4.74 Å². The lowest BCUT2D eigenvalue weighted by Gasteiger charge is -2.11. The topological polar surface area (TPSA) is 34.2 Å². The van der Waals surface area contributed by atoms with E-state index in [0.717, 1.165) is 34.6 Å². The molecule has 1 N–H and O–H groups in total. The minimum atomic E-state index is 0.474. The number of ether oxygens (including phenoxy) is 1. The summed E-state index contributed by atoms with van der Waals surface area (Å²) >= 11 is 3.57. The highest BCUT2D eigenvalue weighted by molar-refractivity contribution is 9.10. The zero-order valence-electron chi connectivity index (χ0n) is 12.7. The largest absolute Gasteiger partial charge is 0.487 e. The average molecular weight is 349 g/mol. The first-order valence-corrected chi connectivity index (χ1v) is 7.97. The van der Waals surface area contributed by atoms with Gasteiger partial charge in [0.15, 0.2) is 0 Å². The molecular formula is C17H21BrN2O. The lowest BCUT2D eigenvalue weighted by atomic mass is 10.1. The van der Waals surface area contributed by atoms with E-state index in [1.165, 1.54) is 11.1 Å². The van der Waals surface area contributed by atoms with Crippen LogP contribution in [0.3, 0.4) is 0 Å². The summed E-state index contributed by atoms with van der Waals surface area (Å²) in [6, 6.07) is 8.09. The molecule has 0 atom stereocenters. The number of hydrogen-bond donors (Lipinski definition) is 1. The Morgan fingerprint density at radius 1 is 1.19 bits per heavy atom. The Labute approximate surface area is 134 Å². The Morgan fingerprint density at radius 2 is 1.90 bits per heavy atom. The number of anilines is 1. The van der Waals surface area contributed by atoms with Gasteiger partial charge in [0.2, 0.25) is 0 Å². The van der Waals surface area contributed by atoms with E-state index in [0.29, 0.717) is 6.61 Å². The Balaban J connectivity index is 2.03. The molecule has 1 aromatic carbocycles. The summed E-state index contributed by atoms with van der Waals surface area (Å²) in [5.41, 5.74) is 4.37. The molecular weight excluding hydrogens is 328 g/mol. The number of halogens is 1. The number of aromatic nitrogens is 1. The Bertz CT molecular complexity index is 590. The summed E-state index contributed by atoms with van der Waals surface area (Å²) in [4.78, 5) is 4.35. The van der Waals surface area contributed by atoms with Crippen LogP contribution in [-0.2, 0) is 6.61 Å². The van der Waals surface area contributed by atoms with E-state index in [4.69, 9.17) is 4.74 Å². The van der Waals surface area contributed by atoms with Gasteiger partial charge in [-0.1, -0.05) is 22.9 Å². The van der Waals surface area contributed by atoms with Crippen LogP contribution in [0.25, 0.3) is 0 Å². The predicted octanol–water partition coefficient (Wildman–Crippen LogP) is 4.86. The molecule has 0 aliphatic carbocycles. The van der Waals surface area contributed by atoms with E-state index in [1.807, 2.05) is 30.5 Å². The van der Waals surface area contributed by atoms with E-state index in [2.05, 4.69) is 47.0 Å². The first kappa shape index (κ1) is 15.8. The molecule has 2 rings (SSSR count). The Kier molecular flexibility index (Phi) is 5.62. The van der Waals surface area contributed by atoms with E-state index in [1.54, 1.807) is 0 Å². The van der Waals surface area contributed by atoms with Crippen molar-refractivity contribution in [1.29, 1.82) is 0 Å². The summed E-state index contributed by atoms with van der Waals surface area (Å²) in [6.07, 6.45) is 2.92. The molecule has 3 nitrogen and oxygen atoms in total. The normalized spacial score (nSPS) is 10.5. The van der Waals surface area contributed by atoms with Crippen LogP contribution < -0.4 is 10.1 Å². The fourth-order valence-corrected chi connectivity index (χ4v) is 2.31. The molecule has 0 radical (unpaired) electrons. The maximum Gasteiger partial charge on any atom is 0.130 e. The number of rotatable bonds is 6. The molecule has 4 heteroatoms. The molecule has 0 amide bonds. The van der Waals surface area contributed by atoms with Crippen molar-refractivity contribution in [2.75, 3.05) is 11.9 Å². The zero-order chi connectivity index (χ0) is 15.2. The fourth-order valence-electron chi connectivity index (χ4n) is 2.08. The van der Waals surface area contributed by atoms with Gasteiger partial charge in [0, 0.05) is 22.9 Å². The zero-order valence-corrected chi connectivity index (χ0v) is 14.3. The summed E-state index contributed by atoms with van der Waals surface area (Å²) in [7, 11) is 0. The molecule has 2 aromatic rings. The molecule has 0 bridgehead atoms. The highest BCUT2D eigenvalue weighted by Crippen LogP contribution is 2.26. The quantitative estimate of drug-likeness (QED) is 0.809. The van der Waals surface area contributed by atoms with Gasteiger partial charge in [-0.05, 0) is 55.7 Å². The van der Waals surface area contributed by atoms with Crippen molar-refractivity contribution >= 4 is 21.6 Å². The van der Waals surface area contributed by atoms with E-state index in [9.17, 15) is 0 Å². The molecule has 1 aromatic heterocycles. The number of nitrogens with zero attached hydrogens (tertiary/aromatic N) is 1. The number of pyridine rings is 1. The lowest BCUT2D eigenvalue weighted by molar-refractivity contribution is 0.301. The summed E-state index contributed by atoms with van der Waals surface area (Å²) in [6.45, 7) is 7.73. The van der Waals surface area contributed by atoms with Gasteiger partial charge >= 0.3 is 0 Å². The molecule has 0 aliphatic heterocycles. The first-order valence-electron chi connectivity index (χ1n) is 7.18. The molecule has 112 valence electrons. The third kappa shape index (κ3) is 4.46. The second-order valence-electron chi connectivity index (χ2n) is 5.12. The van der Waals surface area contributed by atoms with Crippen molar-refractivity contribution in [3.8, 4) is 5.75 Å². The van der Waals surface area contributed by atoms with E-state index < -0.39 is 0 Å². The van der Waals surface area contributed by atoms with Crippen molar-refractivity contribution in [2.24, 2.45) is 0 Å². The minimum absolute atomic E-state index is 0.474. The standard InChI is InChI=1S/C17H21BrN2O/c1-4-6-19-14-5-7-20-15(10-14)11-21-16-8-12(2)17(18)13(3)9-16/h5,7-10H,4,6,11H2,1-3H3,(H,19,20). The molecule has 1 heterocycles. The van der Waals surface area contributed by atoms with Crippen LogP contribution in [0.15, 0.2) is 34.9 Å². The minimum Gasteiger partial charge on any atom is -0.487 e. The van der Waals surface area contributed by atoms with Gasteiger partial charge in [0.25, 0.3) is 0 Å². The molecule has 0 spiro atoms. The van der Waals surface area contributed by atoms with E-state index in [-0.39, 0.29) is 0 Å². The van der Waals surface area contributed by atoms with Gasteiger partial charge in [0.1, 0.15) is 12.4 Å². The maximum absolute atomic E-state index is 5.86. The van der Waals surface area contributed by atoms with Crippen LogP contribution in [0.5, 0.6) is 5.75 Å². The van der Waals surface area contributed by atoms with Crippen molar-refractivity contribution in [1.82, 2.24) is 4.98 Å². The van der Waals surface area contributed by atoms with Gasteiger partial charge in [-0.2, -0.15) is 0 Å². The number of hydrogen-bond acceptors (Lipinski definition) is 3. The number of aryl methyl sites for hydroxylation is 2. The van der Waals surface area contributed by atoms with Crippen molar-refractivity contribution in [2.45, 2.75) is 33.8 Å². The van der Waals surface area contributed by atoms with Gasteiger partial charge < -0.3 is 10.1 Å². The van der Waals surface area contributed by atoms with Gasteiger partial charge in [0.05, 0.1) is 5.69 Å². The molecule has 21 heavy (non-hydrogen) atoms. The fraction of sp³-hybridized carbons (Fsp3) is 0.353. The van der Waals surface area contributed by atoms with Gasteiger partial charge in [-0.15, -0.1) is 0 Å². The number of benzene rings is 1. The third-order valence-electron chi connectivity index (χ3n) is 3.19. The Hall–Kier alpha value is -1.55. The second kappa shape index (κ2) is 7.46. The van der Waals surface area contributed by atoms with Crippen LogP contribution in [0.2, 0.25) is 0 Å². The molecule has 0 fully saturated rings. The summed E-state index contributed by atoms with van der Waals surface area (Å²) in [5, 5.41) is 3.36. The molecule has 0 saturated carbocycles. The first-order chi connectivity index (χ1) is 10.1. The molecule has 0 unspecified atom stereocenters. The highest BCUT2D eigenvalue weighted by atomic mass is 79.9. The Morgan fingerprint density at radius 3 is 2.57 bits per heavy atom. The van der Waals surface area contributed by atoms with Crippen LogP contribution in [-0.4, -0.2) is 11.5 Å².